The van der Waals surface area contributed by atoms with Crippen molar-refractivity contribution >= 4 is 23.4 Å². The maximum atomic E-state index is 12.5. The van der Waals surface area contributed by atoms with Gasteiger partial charge in [-0.05, 0) is 25.5 Å². The molecule has 152 valence electrons. The SMILES string of the molecule is CCCCCNC(=O)C(C)NC(=O)C1CC(=O)N(c2ccc3c(c2)OCO3)C1. The fraction of sp³-hybridized carbons (Fsp3) is 0.550. The van der Waals surface area contributed by atoms with Gasteiger partial charge in [-0.25, -0.2) is 0 Å². The molecule has 2 N–H and O–H groups in total. The molecule has 2 aliphatic rings. The Morgan fingerprint density at radius 3 is 2.82 bits per heavy atom. The molecular weight excluding hydrogens is 362 g/mol. The Morgan fingerprint density at radius 1 is 1.25 bits per heavy atom. The standard InChI is InChI=1S/C20H27N3O5/c1-3-4-5-8-21-19(25)13(2)22-20(26)14-9-18(24)23(11-14)15-6-7-16-17(10-15)28-12-27-16/h6-7,10,13-14H,3-5,8-9,11-12H2,1-2H3,(H,21,25)(H,22,26). The molecule has 3 amide bonds. The second-order valence-electron chi connectivity index (χ2n) is 7.17. The summed E-state index contributed by atoms with van der Waals surface area (Å²) in [5.41, 5.74) is 0.672. The molecule has 8 nitrogen and oxygen atoms in total. The Morgan fingerprint density at radius 2 is 2.04 bits per heavy atom. The fourth-order valence-corrected chi connectivity index (χ4v) is 3.32. The minimum Gasteiger partial charge on any atom is -0.454 e. The number of amides is 3. The van der Waals surface area contributed by atoms with E-state index in [1.54, 1.807) is 30.0 Å². The third kappa shape index (κ3) is 4.55. The van der Waals surface area contributed by atoms with Crippen LogP contribution in [0, 0.1) is 5.92 Å². The van der Waals surface area contributed by atoms with E-state index in [0.717, 1.165) is 19.3 Å². The summed E-state index contributed by atoms with van der Waals surface area (Å²) < 4.78 is 10.6. The minimum atomic E-state index is -0.635. The highest BCUT2D eigenvalue weighted by Gasteiger charge is 2.36. The van der Waals surface area contributed by atoms with E-state index in [-0.39, 0.29) is 37.5 Å². The van der Waals surface area contributed by atoms with Crippen molar-refractivity contribution in [3.63, 3.8) is 0 Å². The second-order valence-corrected chi connectivity index (χ2v) is 7.17. The number of anilines is 1. The first-order valence-electron chi connectivity index (χ1n) is 9.77. The largest absolute Gasteiger partial charge is 0.454 e. The van der Waals surface area contributed by atoms with Crippen LogP contribution in [0.3, 0.4) is 0 Å². The second kappa shape index (κ2) is 8.95. The smallest absolute Gasteiger partial charge is 0.242 e. The maximum absolute atomic E-state index is 12.5. The minimum absolute atomic E-state index is 0.116. The Bertz CT molecular complexity index is 751. The summed E-state index contributed by atoms with van der Waals surface area (Å²) in [5, 5.41) is 5.55. The molecule has 1 saturated heterocycles. The normalized spacial score (nSPS) is 18.9. The van der Waals surface area contributed by atoms with Crippen LogP contribution in [-0.4, -0.2) is 43.6 Å². The number of nitrogens with one attached hydrogen (secondary N) is 2. The van der Waals surface area contributed by atoms with Crippen LogP contribution in [0.5, 0.6) is 11.5 Å². The third-order valence-electron chi connectivity index (χ3n) is 5.00. The summed E-state index contributed by atoms with van der Waals surface area (Å²) in [6, 6.07) is 4.64. The molecular formula is C20H27N3O5. The number of rotatable bonds is 8. The highest BCUT2D eigenvalue weighted by Crippen LogP contribution is 2.37. The van der Waals surface area contributed by atoms with E-state index in [9.17, 15) is 14.4 Å². The fourth-order valence-electron chi connectivity index (χ4n) is 3.32. The summed E-state index contributed by atoms with van der Waals surface area (Å²) in [7, 11) is 0. The number of hydrogen-bond acceptors (Lipinski definition) is 5. The number of carbonyl (C=O) groups excluding carboxylic acids is 3. The number of benzene rings is 1. The Hall–Kier alpha value is -2.77. The van der Waals surface area contributed by atoms with Crippen molar-refractivity contribution in [2.24, 2.45) is 5.92 Å². The molecule has 0 saturated carbocycles. The van der Waals surface area contributed by atoms with Crippen molar-refractivity contribution in [3.05, 3.63) is 18.2 Å². The van der Waals surface area contributed by atoms with E-state index in [1.165, 1.54) is 0 Å². The first-order chi connectivity index (χ1) is 13.5. The molecule has 3 rings (SSSR count). The van der Waals surface area contributed by atoms with Crippen LogP contribution < -0.4 is 25.0 Å². The van der Waals surface area contributed by atoms with Gasteiger partial charge in [0.15, 0.2) is 11.5 Å². The van der Waals surface area contributed by atoms with Crippen LogP contribution >= 0.6 is 0 Å². The van der Waals surface area contributed by atoms with Gasteiger partial charge in [0.05, 0.1) is 5.92 Å². The number of ether oxygens (including phenoxy) is 2. The Balaban J connectivity index is 1.53. The van der Waals surface area contributed by atoms with Gasteiger partial charge in [0.25, 0.3) is 0 Å². The van der Waals surface area contributed by atoms with Crippen molar-refractivity contribution in [2.45, 2.75) is 45.6 Å². The van der Waals surface area contributed by atoms with Crippen molar-refractivity contribution in [2.75, 3.05) is 24.8 Å². The van der Waals surface area contributed by atoms with E-state index in [0.29, 0.717) is 23.7 Å². The number of hydrogen-bond donors (Lipinski definition) is 2. The molecule has 2 atom stereocenters. The number of unbranched alkanes of at least 4 members (excludes halogenated alkanes) is 2. The zero-order chi connectivity index (χ0) is 20.1. The molecule has 8 heteroatoms. The van der Waals surface area contributed by atoms with Gasteiger partial charge in [0.2, 0.25) is 24.5 Å². The molecule has 2 heterocycles. The molecule has 2 unspecified atom stereocenters. The molecule has 0 aliphatic carbocycles. The topological polar surface area (TPSA) is 97.0 Å². The predicted molar refractivity (Wildman–Crippen MR) is 103 cm³/mol. The zero-order valence-electron chi connectivity index (χ0n) is 16.3. The van der Waals surface area contributed by atoms with Crippen molar-refractivity contribution in [1.29, 1.82) is 0 Å². The highest BCUT2D eigenvalue weighted by molar-refractivity contribution is 6.01. The maximum Gasteiger partial charge on any atom is 0.242 e. The van der Waals surface area contributed by atoms with Crippen LogP contribution in [-0.2, 0) is 14.4 Å². The lowest BCUT2D eigenvalue weighted by atomic mass is 10.1. The summed E-state index contributed by atoms with van der Waals surface area (Å²) in [6.07, 6.45) is 3.17. The molecule has 0 spiro atoms. The molecule has 0 bridgehead atoms. The number of nitrogens with zero attached hydrogens (tertiary/aromatic N) is 1. The third-order valence-corrected chi connectivity index (χ3v) is 5.00. The van der Waals surface area contributed by atoms with E-state index in [4.69, 9.17) is 9.47 Å². The molecule has 1 aromatic rings. The lowest BCUT2D eigenvalue weighted by molar-refractivity contribution is -0.130. The van der Waals surface area contributed by atoms with E-state index >= 15 is 0 Å². The molecule has 0 aromatic heterocycles. The van der Waals surface area contributed by atoms with E-state index in [1.807, 2.05) is 0 Å². The van der Waals surface area contributed by atoms with Gasteiger partial charge in [-0.2, -0.15) is 0 Å². The lowest BCUT2D eigenvalue weighted by Gasteiger charge is -2.18. The quantitative estimate of drug-likeness (QED) is 0.658. The molecule has 1 fully saturated rings. The monoisotopic (exact) mass is 389 g/mol. The van der Waals surface area contributed by atoms with Crippen LogP contribution in [0.2, 0.25) is 0 Å². The van der Waals surface area contributed by atoms with Crippen LogP contribution in [0.4, 0.5) is 5.69 Å². The van der Waals surface area contributed by atoms with E-state index < -0.39 is 12.0 Å². The zero-order valence-corrected chi connectivity index (χ0v) is 16.3. The van der Waals surface area contributed by atoms with Crippen LogP contribution in [0.25, 0.3) is 0 Å². The van der Waals surface area contributed by atoms with Gasteiger partial charge in [-0.15, -0.1) is 0 Å². The molecule has 1 aromatic carbocycles. The number of fused-ring (bicyclic) bond motifs is 1. The van der Waals surface area contributed by atoms with Crippen molar-refractivity contribution < 1.29 is 23.9 Å². The van der Waals surface area contributed by atoms with Crippen LogP contribution in [0.1, 0.15) is 39.5 Å². The van der Waals surface area contributed by atoms with Gasteiger partial charge < -0.3 is 25.0 Å². The summed E-state index contributed by atoms with van der Waals surface area (Å²) in [4.78, 5) is 38.6. The molecule has 28 heavy (non-hydrogen) atoms. The van der Waals surface area contributed by atoms with Gasteiger partial charge in [-0.3, -0.25) is 14.4 Å². The summed E-state index contributed by atoms with van der Waals surface area (Å²) in [6.45, 7) is 4.79. The van der Waals surface area contributed by atoms with Crippen LogP contribution in [0.15, 0.2) is 18.2 Å². The average molecular weight is 389 g/mol. The molecule has 0 radical (unpaired) electrons. The average Bonchev–Trinajstić information content (AvgIpc) is 3.30. The lowest BCUT2D eigenvalue weighted by Crippen LogP contribution is -2.47. The Kier molecular flexibility index (Phi) is 6.38. The van der Waals surface area contributed by atoms with Crippen molar-refractivity contribution in [1.82, 2.24) is 10.6 Å². The van der Waals surface area contributed by atoms with Gasteiger partial charge in [0, 0.05) is 31.3 Å². The van der Waals surface area contributed by atoms with Gasteiger partial charge in [-0.1, -0.05) is 19.8 Å². The van der Waals surface area contributed by atoms with Gasteiger partial charge in [0.1, 0.15) is 6.04 Å². The number of carbonyl (C=O) groups is 3. The summed E-state index contributed by atoms with van der Waals surface area (Å²) >= 11 is 0. The van der Waals surface area contributed by atoms with Gasteiger partial charge >= 0.3 is 0 Å². The van der Waals surface area contributed by atoms with Crippen molar-refractivity contribution in [3.8, 4) is 11.5 Å². The Labute approximate surface area is 164 Å². The summed E-state index contributed by atoms with van der Waals surface area (Å²) in [5.74, 6) is 0.119. The van der Waals surface area contributed by atoms with E-state index in [2.05, 4.69) is 17.6 Å². The highest BCUT2D eigenvalue weighted by atomic mass is 16.7. The predicted octanol–water partition coefficient (Wildman–Crippen LogP) is 1.58. The first kappa shape index (κ1) is 20.0. The first-order valence-corrected chi connectivity index (χ1v) is 9.77. The molecule has 2 aliphatic heterocycles.